The van der Waals surface area contributed by atoms with Crippen LogP contribution in [-0.2, 0) is 12.4 Å². The molecule has 2 aromatic rings. The molecule has 1 aromatic heterocycles. The van der Waals surface area contributed by atoms with E-state index in [0.29, 0.717) is 17.3 Å². The molecule has 0 bridgehead atoms. The fourth-order valence-electron chi connectivity index (χ4n) is 1.90. The molecule has 2 rings (SSSR count). The van der Waals surface area contributed by atoms with Gasteiger partial charge in [0.15, 0.2) is 0 Å². The minimum atomic E-state index is -0.258. The van der Waals surface area contributed by atoms with Gasteiger partial charge >= 0.3 is 0 Å². The predicted molar refractivity (Wildman–Crippen MR) is 68.7 cm³/mol. The maximum Gasteiger partial charge on any atom is 0.125 e. The summed E-state index contributed by atoms with van der Waals surface area (Å²) in [7, 11) is 0. The lowest BCUT2D eigenvalue weighted by molar-refractivity contribution is 0.469. The normalized spacial score (nSPS) is 13.2. The summed E-state index contributed by atoms with van der Waals surface area (Å²) >= 11 is 5.89. The van der Waals surface area contributed by atoms with E-state index in [2.05, 4.69) is 23.4 Å². The molecule has 4 heteroatoms. The number of fused-ring (bicyclic) bond motifs is 1. The maximum absolute atomic E-state index is 13.1. The Labute approximate surface area is 105 Å². The summed E-state index contributed by atoms with van der Waals surface area (Å²) in [6, 6.07) is 4.70. The van der Waals surface area contributed by atoms with Gasteiger partial charge in [-0.15, -0.1) is 11.6 Å². The number of hydrogen-bond donors (Lipinski definition) is 0. The molecular formula is C13H16ClFN2. The topological polar surface area (TPSA) is 17.8 Å². The van der Waals surface area contributed by atoms with Crippen LogP contribution in [0.25, 0.3) is 11.0 Å². The van der Waals surface area contributed by atoms with Crippen molar-refractivity contribution in [2.24, 2.45) is 5.92 Å². The molecule has 0 aliphatic carbocycles. The van der Waals surface area contributed by atoms with Crippen molar-refractivity contribution in [1.82, 2.24) is 9.55 Å². The van der Waals surface area contributed by atoms with Crippen molar-refractivity contribution in [3.8, 4) is 0 Å². The van der Waals surface area contributed by atoms with Gasteiger partial charge in [0.1, 0.15) is 11.6 Å². The number of benzene rings is 1. The second-order valence-corrected chi connectivity index (χ2v) is 4.69. The Morgan fingerprint density at radius 2 is 2.24 bits per heavy atom. The van der Waals surface area contributed by atoms with E-state index in [1.165, 1.54) is 12.1 Å². The number of aromatic nitrogens is 2. The van der Waals surface area contributed by atoms with Gasteiger partial charge in [-0.1, -0.05) is 20.3 Å². The highest BCUT2D eigenvalue weighted by atomic mass is 35.5. The largest absolute Gasteiger partial charge is 0.327 e. The molecule has 1 unspecified atom stereocenters. The van der Waals surface area contributed by atoms with E-state index in [1.54, 1.807) is 6.07 Å². The van der Waals surface area contributed by atoms with Gasteiger partial charge in [-0.05, 0) is 18.1 Å². The second kappa shape index (κ2) is 5.05. The van der Waals surface area contributed by atoms with Crippen LogP contribution in [0.3, 0.4) is 0 Å². The predicted octanol–water partition coefficient (Wildman–Crippen LogP) is 3.96. The zero-order valence-corrected chi connectivity index (χ0v) is 10.8. The van der Waals surface area contributed by atoms with Crippen molar-refractivity contribution >= 4 is 22.6 Å². The Morgan fingerprint density at radius 1 is 1.47 bits per heavy atom. The van der Waals surface area contributed by atoms with Crippen LogP contribution in [0.2, 0.25) is 0 Å². The summed E-state index contributed by atoms with van der Waals surface area (Å²) in [5.74, 6) is 1.46. The van der Waals surface area contributed by atoms with Crippen molar-refractivity contribution in [2.45, 2.75) is 32.7 Å². The summed E-state index contributed by atoms with van der Waals surface area (Å²) in [5, 5.41) is 0. The first kappa shape index (κ1) is 12.4. The number of imidazole rings is 1. The lowest BCUT2D eigenvalue weighted by Gasteiger charge is -2.12. The molecule has 2 nitrogen and oxygen atoms in total. The molecule has 0 aliphatic rings. The quantitative estimate of drug-likeness (QED) is 0.755. The molecule has 0 radical (unpaired) electrons. The monoisotopic (exact) mass is 254 g/mol. The highest BCUT2D eigenvalue weighted by Gasteiger charge is 2.12. The third-order valence-corrected chi connectivity index (χ3v) is 3.34. The average molecular weight is 255 g/mol. The molecule has 17 heavy (non-hydrogen) atoms. The van der Waals surface area contributed by atoms with Crippen LogP contribution < -0.4 is 0 Å². The first-order valence-electron chi connectivity index (χ1n) is 5.86. The second-order valence-electron chi connectivity index (χ2n) is 4.42. The van der Waals surface area contributed by atoms with Gasteiger partial charge in [-0.3, -0.25) is 0 Å². The molecule has 1 aromatic carbocycles. The van der Waals surface area contributed by atoms with Gasteiger partial charge in [0.2, 0.25) is 0 Å². The van der Waals surface area contributed by atoms with E-state index < -0.39 is 0 Å². The molecule has 0 saturated carbocycles. The number of alkyl halides is 1. The molecule has 92 valence electrons. The van der Waals surface area contributed by atoms with Crippen molar-refractivity contribution < 1.29 is 4.39 Å². The van der Waals surface area contributed by atoms with Gasteiger partial charge in [0.05, 0.1) is 16.9 Å². The lowest BCUT2D eigenvalue weighted by Crippen LogP contribution is -2.09. The van der Waals surface area contributed by atoms with E-state index in [-0.39, 0.29) is 5.82 Å². The number of nitrogens with zero attached hydrogens (tertiary/aromatic N) is 2. The van der Waals surface area contributed by atoms with Crippen LogP contribution in [0, 0.1) is 11.7 Å². The van der Waals surface area contributed by atoms with Crippen LogP contribution in [0.5, 0.6) is 0 Å². The van der Waals surface area contributed by atoms with Crippen molar-refractivity contribution in [2.75, 3.05) is 0 Å². The average Bonchev–Trinajstić information content (AvgIpc) is 2.66. The molecule has 0 fully saturated rings. The van der Waals surface area contributed by atoms with E-state index in [0.717, 1.165) is 24.3 Å². The molecule has 0 N–H and O–H groups in total. The van der Waals surface area contributed by atoms with Crippen LogP contribution in [0.15, 0.2) is 18.2 Å². The first-order chi connectivity index (χ1) is 8.15. The molecular weight excluding hydrogens is 239 g/mol. The summed E-state index contributed by atoms with van der Waals surface area (Å²) in [6.45, 7) is 5.22. The SMILES string of the molecule is CCC(C)Cn1c(CCl)nc2cc(F)ccc21. The first-order valence-corrected chi connectivity index (χ1v) is 6.39. The van der Waals surface area contributed by atoms with Crippen molar-refractivity contribution in [1.29, 1.82) is 0 Å². The third-order valence-electron chi connectivity index (χ3n) is 3.10. The van der Waals surface area contributed by atoms with Gasteiger partial charge in [-0.25, -0.2) is 9.37 Å². The minimum Gasteiger partial charge on any atom is -0.327 e. The number of rotatable bonds is 4. The molecule has 1 atom stereocenters. The Morgan fingerprint density at radius 3 is 2.88 bits per heavy atom. The molecule has 1 heterocycles. The highest BCUT2D eigenvalue weighted by molar-refractivity contribution is 6.16. The van der Waals surface area contributed by atoms with Crippen LogP contribution in [0.1, 0.15) is 26.1 Å². The molecule has 0 amide bonds. The van der Waals surface area contributed by atoms with Gasteiger partial charge in [-0.2, -0.15) is 0 Å². The fraction of sp³-hybridized carbons (Fsp3) is 0.462. The van der Waals surface area contributed by atoms with Crippen LogP contribution >= 0.6 is 11.6 Å². The number of halogens is 2. The number of hydrogen-bond acceptors (Lipinski definition) is 1. The Kier molecular flexibility index (Phi) is 3.67. The van der Waals surface area contributed by atoms with E-state index in [9.17, 15) is 4.39 Å². The molecule has 0 spiro atoms. The van der Waals surface area contributed by atoms with Crippen LogP contribution in [0.4, 0.5) is 4.39 Å². The smallest absolute Gasteiger partial charge is 0.125 e. The third kappa shape index (κ3) is 2.44. The summed E-state index contributed by atoms with van der Waals surface area (Å²) in [4.78, 5) is 4.37. The lowest BCUT2D eigenvalue weighted by atomic mass is 10.1. The molecule has 0 saturated heterocycles. The van der Waals surface area contributed by atoms with E-state index in [1.807, 2.05) is 0 Å². The minimum absolute atomic E-state index is 0.258. The zero-order chi connectivity index (χ0) is 12.4. The van der Waals surface area contributed by atoms with Gasteiger partial charge in [0, 0.05) is 12.6 Å². The van der Waals surface area contributed by atoms with E-state index >= 15 is 0 Å². The standard InChI is InChI=1S/C13H16ClFN2/c1-3-9(2)8-17-12-5-4-10(15)6-11(12)16-13(17)7-14/h4-6,9H,3,7-8H2,1-2H3. The van der Waals surface area contributed by atoms with Crippen molar-refractivity contribution in [3.63, 3.8) is 0 Å². The van der Waals surface area contributed by atoms with Gasteiger partial charge < -0.3 is 4.57 Å². The summed E-state index contributed by atoms with van der Waals surface area (Å²) in [5.41, 5.74) is 1.64. The summed E-state index contributed by atoms with van der Waals surface area (Å²) < 4.78 is 15.2. The zero-order valence-electron chi connectivity index (χ0n) is 10.1. The van der Waals surface area contributed by atoms with Gasteiger partial charge in [0.25, 0.3) is 0 Å². The van der Waals surface area contributed by atoms with Crippen LogP contribution in [-0.4, -0.2) is 9.55 Å². The Balaban J connectivity index is 2.50. The summed E-state index contributed by atoms with van der Waals surface area (Å²) in [6.07, 6.45) is 1.10. The fourth-order valence-corrected chi connectivity index (χ4v) is 2.10. The maximum atomic E-state index is 13.1. The molecule has 0 aliphatic heterocycles. The highest BCUT2D eigenvalue weighted by Crippen LogP contribution is 2.20. The Bertz CT molecular complexity index is 521. The van der Waals surface area contributed by atoms with E-state index in [4.69, 9.17) is 11.6 Å². The van der Waals surface area contributed by atoms with Crippen molar-refractivity contribution in [3.05, 3.63) is 29.8 Å². The Hall–Kier alpha value is -1.09.